The first kappa shape index (κ1) is 14.3. The lowest BCUT2D eigenvalue weighted by atomic mass is 10.1. The van der Waals surface area contributed by atoms with Gasteiger partial charge in [0.25, 0.3) is 0 Å². The molecule has 20 heavy (non-hydrogen) atoms. The average molecular weight is 278 g/mol. The van der Waals surface area contributed by atoms with Crippen molar-refractivity contribution in [3.05, 3.63) is 35.5 Å². The maximum Gasteiger partial charge on any atom is 0.226 e. The van der Waals surface area contributed by atoms with Gasteiger partial charge in [0, 0.05) is 6.42 Å². The third-order valence-corrected chi connectivity index (χ3v) is 2.84. The van der Waals surface area contributed by atoms with E-state index in [1.807, 2.05) is 6.92 Å². The van der Waals surface area contributed by atoms with Crippen molar-refractivity contribution in [2.45, 2.75) is 33.0 Å². The van der Waals surface area contributed by atoms with Crippen LogP contribution in [0.3, 0.4) is 0 Å². The summed E-state index contributed by atoms with van der Waals surface area (Å²) in [7, 11) is 1.55. The summed E-state index contributed by atoms with van der Waals surface area (Å²) < 4.78 is 15.9. The van der Waals surface area contributed by atoms with E-state index in [1.54, 1.807) is 32.2 Å². The van der Waals surface area contributed by atoms with Crippen LogP contribution in [0.2, 0.25) is 0 Å². The monoisotopic (exact) mass is 278 g/mol. The quantitative estimate of drug-likeness (QED) is 0.873. The number of benzene rings is 1. The van der Waals surface area contributed by atoms with Crippen molar-refractivity contribution in [2.24, 2.45) is 0 Å². The SMILES string of the molecule is CCc1nc(COc2ccc([C@H](C)O)cc2OC)no1. The van der Waals surface area contributed by atoms with E-state index in [0.29, 0.717) is 29.6 Å². The Morgan fingerprint density at radius 3 is 2.75 bits per heavy atom. The number of aryl methyl sites for hydroxylation is 1. The number of aliphatic hydroxyl groups is 1. The number of aromatic nitrogens is 2. The van der Waals surface area contributed by atoms with Gasteiger partial charge in [0.1, 0.15) is 0 Å². The van der Waals surface area contributed by atoms with E-state index in [-0.39, 0.29) is 6.61 Å². The van der Waals surface area contributed by atoms with E-state index in [1.165, 1.54) is 0 Å². The summed E-state index contributed by atoms with van der Waals surface area (Å²) in [5.41, 5.74) is 0.766. The minimum Gasteiger partial charge on any atom is -0.493 e. The highest BCUT2D eigenvalue weighted by atomic mass is 16.5. The van der Waals surface area contributed by atoms with Gasteiger partial charge in [-0.25, -0.2) is 0 Å². The molecule has 108 valence electrons. The van der Waals surface area contributed by atoms with Crippen LogP contribution >= 0.6 is 0 Å². The van der Waals surface area contributed by atoms with E-state index >= 15 is 0 Å². The Hall–Kier alpha value is -2.08. The zero-order valence-electron chi connectivity index (χ0n) is 11.8. The van der Waals surface area contributed by atoms with E-state index in [4.69, 9.17) is 14.0 Å². The molecule has 0 saturated carbocycles. The molecule has 0 fully saturated rings. The van der Waals surface area contributed by atoms with Crippen LogP contribution in [0.15, 0.2) is 22.7 Å². The highest BCUT2D eigenvalue weighted by Crippen LogP contribution is 2.30. The summed E-state index contributed by atoms with van der Waals surface area (Å²) in [6.45, 7) is 3.84. The van der Waals surface area contributed by atoms with Crippen LogP contribution in [0.1, 0.15) is 37.2 Å². The highest BCUT2D eigenvalue weighted by molar-refractivity contribution is 5.43. The molecule has 2 rings (SSSR count). The molecule has 1 aromatic heterocycles. The molecule has 0 radical (unpaired) electrons. The Morgan fingerprint density at radius 2 is 2.15 bits per heavy atom. The normalized spacial score (nSPS) is 12.2. The summed E-state index contributed by atoms with van der Waals surface area (Å²) in [4.78, 5) is 4.16. The van der Waals surface area contributed by atoms with Gasteiger partial charge >= 0.3 is 0 Å². The number of hydrogen-bond acceptors (Lipinski definition) is 6. The Bertz CT molecular complexity index is 566. The molecule has 0 aliphatic heterocycles. The van der Waals surface area contributed by atoms with Gasteiger partial charge in [0.15, 0.2) is 18.1 Å². The predicted molar refractivity (Wildman–Crippen MR) is 71.6 cm³/mol. The molecule has 0 aliphatic rings. The predicted octanol–water partition coefficient (Wildman–Crippen LogP) is 2.27. The number of nitrogens with zero attached hydrogens (tertiary/aromatic N) is 2. The number of ether oxygens (including phenoxy) is 2. The smallest absolute Gasteiger partial charge is 0.226 e. The van der Waals surface area contributed by atoms with Crippen molar-refractivity contribution < 1.29 is 19.1 Å². The van der Waals surface area contributed by atoms with Gasteiger partial charge in [-0.15, -0.1) is 0 Å². The summed E-state index contributed by atoms with van der Waals surface area (Å²) in [5.74, 6) is 2.20. The van der Waals surface area contributed by atoms with Crippen LogP contribution in [0, 0.1) is 0 Å². The third kappa shape index (κ3) is 3.27. The standard InChI is InChI=1S/C14H18N2O4/c1-4-14-15-13(16-20-14)8-19-11-6-5-10(9(2)17)7-12(11)18-3/h5-7,9,17H,4,8H2,1-3H3/t9-/m0/s1. The zero-order valence-corrected chi connectivity index (χ0v) is 11.8. The van der Waals surface area contributed by atoms with Crippen molar-refractivity contribution in [2.75, 3.05) is 7.11 Å². The summed E-state index contributed by atoms with van der Waals surface area (Å²) in [6.07, 6.45) is 0.140. The second-order valence-corrected chi connectivity index (χ2v) is 4.33. The molecule has 0 unspecified atom stereocenters. The number of methoxy groups -OCH3 is 1. The zero-order chi connectivity index (χ0) is 14.5. The Morgan fingerprint density at radius 1 is 1.35 bits per heavy atom. The molecule has 2 aromatic rings. The molecule has 1 N–H and O–H groups in total. The number of aliphatic hydroxyl groups excluding tert-OH is 1. The topological polar surface area (TPSA) is 77.6 Å². The lowest BCUT2D eigenvalue weighted by molar-refractivity contribution is 0.198. The molecule has 6 nitrogen and oxygen atoms in total. The first-order valence-electron chi connectivity index (χ1n) is 6.44. The molecule has 0 amide bonds. The second-order valence-electron chi connectivity index (χ2n) is 4.33. The van der Waals surface area contributed by atoms with Crippen molar-refractivity contribution in [3.8, 4) is 11.5 Å². The molecule has 1 heterocycles. The molecule has 0 saturated heterocycles. The first-order chi connectivity index (χ1) is 9.63. The summed E-state index contributed by atoms with van der Waals surface area (Å²) >= 11 is 0. The average Bonchev–Trinajstić information content (AvgIpc) is 2.92. The van der Waals surface area contributed by atoms with E-state index in [2.05, 4.69) is 10.1 Å². The van der Waals surface area contributed by atoms with Crippen molar-refractivity contribution in [1.82, 2.24) is 10.1 Å². The van der Waals surface area contributed by atoms with Crippen LogP contribution < -0.4 is 9.47 Å². The number of hydrogen-bond donors (Lipinski definition) is 1. The first-order valence-corrected chi connectivity index (χ1v) is 6.44. The van der Waals surface area contributed by atoms with Gasteiger partial charge in [-0.2, -0.15) is 4.98 Å². The van der Waals surface area contributed by atoms with Crippen LogP contribution in [0.4, 0.5) is 0 Å². The van der Waals surface area contributed by atoms with Crippen LogP contribution in [-0.2, 0) is 13.0 Å². The van der Waals surface area contributed by atoms with Crippen molar-refractivity contribution >= 4 is 0 Å². The molecule has 1 aromatic carbocycles. The second kappa shape index (κ2) is 6.38. The summed E-state index contributed by atoms with van der Waals surface area (Å²) in [5, 5.41) is 13.4. The van der Waals surface area contributed by atoms with E-state index < -0.39 is 6.10 Å². The Labute approximate surface area is 117 Å². The molecular weight excluding hydrogens is 260 g/mol. The van der Waals surface area contributed by atoms with E-state index in [0.717, 1.165) is 5.56 Å². The van der Waals surface area contributed by atoms with Gasteiger partial charge < -0.3 is 19.1 Å². The van der Waals surface area contributed by atoms with Crippen LogP contribution in [0.5, 0.6) is 11.5 Å². The fraction of sp³-hybridized carbons (Fsp3) is 0.429. The lowest BCUT2D eigenvalue weighted by Gasteiger charge is -2.12. The fourth-order valence-corrected chi connectivity index (χ4v) is 1.70. The molecule has 6 heteroatoms. The van der Waals surface area contributed by atoms with Gasteiger partial charge in [0.05, 0.1) is 13.2 Å². The fourth-order valence-electron chi connectivity index (χ4n) is 1.70. The van der Waals surface area contributed by atoms with Gasteiger partial charge in [-0.05, 0) is 24.6 Å². The van der Waals surface area contributed by atoms with E-state index in [9.17, 15) is 5.11 Å². The maximum absolute atomic E-state index is 9.54. The Balaban J connectivity index is 2.08. The van der Waals surface area contributed by atoms with Crippen LogP contribution in [-0.4, -0.2) is 22.4 Å². The van der Waals surface area contributed by atoms with Crippen LogP contribution in [0.25, 0.3) is 0 Å². The molecular formula is C14H18N2O4. The highest BCUT2D eigenvalue weighted by Gasteiger charge is 2.11. The molecule has 0 spiro atoms. The van der Waals surface area contributed by atoms with Crippen molar-refractivity contribution in [1.29, 1.82) is 0 Å². The van der Waals surface area contributed by atoms with Gasteiger partial charge in [-0.1, -0.05) is 18.1 Å². The largest absolute Gasteiger partial charge is 0.493 e. The van der Waals surface area contributed by atoms with Gasteiger partial charge in [0.2, 0.25) is 11.7 Å². The Kier molecular flexibility index (Phi) is 4.57. The van der Waals surface area contributed by atoms with Crippen molar-refractivity contribution in [3.63, 3.8) is 0 Å². The maximum atomic E-state index is 9.54. The molecule has 1 atom stereocenters. The summed E-state index contributed by atoms with van der Waals surface area (Å²) in [6, 6.07) is 5.28. The minimum atomic E-state index is -0.553. The van der Waals surface area contributed by atoms with Gasteiger partial charge in [-0.3, -0.25) is 0 Å². The lowest BCUT2D eigenvalue weighted by Crippen LogP contribution is -2.01. The molecule has 0 bridgehead atoms. The molecule has 0 aliphatic carbocycles. The minimum absolute atomic E-state index is 0.202. The third-order valence-electron chi connectivity index (χ3n) is 2.84. The number of rotatable bonds is 6.